The van der Waals surface area contributed by atoms with E-state index in [4.69, 9.17) is 16.3 Å². The van der Waals surface area contributed by atoms with E-state index in [1.165, 1.54) is 18.4 Å². The van der Waals surface area contributed by atoms with Crippen LogP contribution in [0.1, 0.15) is 39.2 Å². The maximum Gasteiger partial charge on any atom is 0.268 e. The summed E-state index contributed by atoms with van der Waals surface area (Å²) in [7, 11) is 0. The van der Waals surface area contributed by atoms with Crippen LogP contribution in [0.3, 0.4) is 0 Å². The molecule has 0 saturated carbocycles. The molecule has 0 spiro atoms. The van der Waals surface area contributed by atoms with Gasteiger partial charge < -0.3 is 10.1 Å². The van der Waals surface area contributed by atoms with E-state index in [2.05, 4.69) is 34.6 Å². The van der Waals surface area contributed by atoms with E-state index < -0.39 is 5.60 Å². The minimum Gasteiger partial charge on any atom is -0.478 e. The number of nitrogens with one attached hydrogen (secondary N) is 1. The van der Waals surface area contributed by atoms with Crippen LogP contribution in [-0.2, 0) is 11.2 Å². The maximum atomic E-state index is 12.9. The number of benzene rings is 3. The second-order valence-electron chi connectivity index (χ2n) is 8.46. The molecule has 170 valence electrons. The highest BCUT2D eigenvalue weighted by Gasteiger charge is 2.30. The van der Waals surface area contributed by atoms with Crippen molar-refractivity contribution in [2.24, 2.45) is 0 Å². The summed E-state index contributed by atoms with van der Waals surface area (Å²) in [6.45, 7) is 5.61. The van der Waals surface area contributed by atoms with E-state index in [-0.39, 0.29) is 5.91 Å². The number of halogens is 1. The first-order valence-corrected chi connectivity index (χ1v) is 11.4. The number of unbranched alkanes of at least 4 members (excludes halogenated alkanes) is 1. The Hall–Kier alpha value is -3.38. The Labute approximate surface area is 198 Å². The summed E-state index contributed by atoms with van der Waals surface area (Å²) in [6.07, 6.45) is 3.40. The van der Waals surface area contributed by atoms with E-state index in [0.29, 0.717) is 27.5 Å². The Bertz CT molecular complexity index is 1250. The van der Waals surface area contributed by atoms with Crippen molar-refractivity contribution in [1.29, 1.82) is 0 Å². The van der Waals surface area contributed by atoms with E-state index in [1.807, 2.05) is 42.5 Å². The normalized spacial score (nSPS) is 11.5. The highest BCUT2D eigenvalue weighted by Crippen LogP contribution is 2.28. The standard InChI is InChI=1S/C26H27ClN4O2/c1-4-5-9-18-12-14-19(15-13-18)31-29-23-16-21(27)22(17-24(23)30-31)28-25(32)26(2,3)33-20-10-7-6-8-11-20/h6-8,10-17H,4-5,9H2,1-3H3,(H,28,32). The molecule has 1 amide bonds. The fourth-order valence-electron chi connectivity index (χ4n) is 3.43. The number of carbonyl (C=O) groups excluding carboxylic acids is 1. The van der Waals surface area contributed by atoms with Gasteiger partial charge in [0.15, 0.2) is 5.60 Å². The molecule has 4 rings (SSSR count). The third kappa shape index (κ3) is 5.34. The maximum absolute atomic E-state index is 12.9. The second-order valence-corrected chi connectivity index (χ2v) is 8.87. The van der Waals surface area contributed by atoms with Crippen molar-refractivity contribution < 1.29 is 9.53 Å². The fraction of sp³-hybridized carbons (Fsp3) is 0.269. The molecule has 3 aromatic carbocycles. The number of amides is 1. The Morgan fingerprint density at radius 2 is 1.70 bits per heavy atom. The van der Waals surface area contributed by atoms with Gasteiger partial charge in [-0.15, -0.1) is 10.2 Å². The van der Waals surface area contributed by atoms with Crippen molar-refractivity contribution >= 4 is 34.2 Å². The molecule has 1 heterocycles. The first-order chi connectivity index (χ1) is 15.9. The Balaban J connectivity index is 1.53. The number of para-hydroxylation sites is 1. The van der Waals surface area contributed by atoms with Crippen LogP contribution in [0.15, 0.2) is 66.7 Å². The van der Waals surface area contributed by atoms with Crippen LogP contribution in [0.5, 0.6) is 5.75 Å². The van der Waals surface area contributed by atoms with Gasteiger partial charge in [0, 0.05) is 0 Å². The van der Waals surface area contributed by atoms with Crippen LogP contribution in [0.4, 0.5) is 5.69 Å². The number of fused-ring (bicyclic) bond motifs is 1. The third-order valence-corrected chi connectivity index (χ3v) is 5.68. The van der Waals surface area contributed by atoms with Gasteiger partial charge >= 0.3 is 0 Å². The first kappa shape index (κ1) is 22.8. The monoisotopic (exact) mass is 462 g/mol. The average molecular weight is 463 g/mol. The van der Waals surface area contributed by atoms with Crippen molar-refractivity contribution in [3.05, 3.63) is 77.3 Å². The number of aryl methyl sites for hydroxylation is 1. The molecule has 4 aromatic rings. The Morgan fingerprint density at radius 3 is 2.36 bits per heavy atom. The van der Waals surface area contributed by atoms with Crippen LogP contribution in [0.25, 0.3) is 16.7 Å². The number of hydrogen-bond acceptors (Lipinski definition) is 4. The zero-order chi connectivity index (χ0) is 23.4. The summed E-state index contributed by atoms with van der Waals surface area (Å²) in [5.74, 6) is 0.297. The highest BCUT2D eigenvalue weighted by atomic mass is 35.5. The van der Waals surface area contributed by atoms with Crippen LogP contribution < -0.4 is 10.1 Å². The topological polar surface area (TPSA) is 69.0 Å². The van der Waals surface area contributed by atoms with Crippen molar-refractivity contribution in [2.75, 3.05) is 5.32 Å². The number of carbonyl (C=O) groups is 1. The van der Waals surface area contributed by atoms with E-state index in [1.54, 1.807) is 30.8 Å². The predicted octanol–water partition coefficient (Wildman–Crippen LogP) is 6.21. The molecule has 7 heteroatoms. The van der Waals surface area contributed by atoms with Gasteiger partial charge in [-0.05, 0) is 68.7 Å². The molecular formula is C26H27ClN4O2. The van der Waals surface area contributed by atoms with Crippen LogP contribution >= 0.6 is 11.6 Å². The number of aromatic nitrogens is 3. The second kappa shape index (κ2) is 9.63. The lowest BCUT2D eigenvalue weighted by molar-refractivity contribution is -0.128. The molecule has 0 atom stereocenters. The molecular weight excluding hydrogens is 436 g/mol. The van der Waals surface area contributed by atoms with Crippen LogP contribution in [-0.4, -0.2) is 26.5 Å². The smallest absolute Gasteiger partial charge is 0.268 e. The minimum absolute atomic E-state index is 0.317. The van der Waals surface area contributed by atoms with Crippen molar-refractivity contribution in [3.8, 4) is 11.4 Å². The molecule has 33 heavy (non-hydrogen) atoms. The van der Waals surface area contributed by atoms with Gasteiger partial charge in [0.25, 0.3) is 5.91 Å². The van der Waals surface area contributed by atoms with Crippen molar-refractivity contribution in [3.63, 3.8) is 0 Å². The summed E-state index contributed by atoms with van der Waals surface area (Å²) in [5.41, 5.74) is 2.80. The molecule has 0 aliphatic rings. The quantitative estimate of drug-likeness (QED) is 0.338. The Morgan fingerprint density at radius 1 is 1.03 bits per heavy atom. The summed E-state index contributed by atoms with van der Waals surface area (Å²) >= 11 is 6.45. The number of rotatable bonds is 8. The Kier molecular flexibility index (Phi) is 6.65. The van der Waals surface area contributed by atoms with Crippen LogP contribution in [0, 0.1) is 0 Å². The lowest BCUT2D eigenvalue weighted by Gasteiger charge is -2.25. The molecule has 6 nitrogen and oxygen atoms in total. The van der Waals surface area contributed by atoms with Crippen molar-refractivity contribution in [2.45, 2.75) is 45.6 Å². The molecule has 1 N–H and O–H groups in total. The summed E-state index contributed by atoms with van der Waals surface area (Å²) in [5, 5.41) is 12.4. The van der Waals surface area contributed by atoms with Crippen molar-refractivity contribution in [1.82, 2.24) is 15.0 Å². The lowest BCUT2D eigenvalue weighted by atomic mass is 10.1. The molecule has 0 aliphatic heterocycles. The van der Waals surface area contributed by atoms with E-state index in [0.717, 1.165) is 12.1 Å². The first-order valence-electron chi connectivity index (χ1n) is 11.1. The molecule has 0 fully saturated rings. The lowest BCUT2D eigenvalue weighted by Crippen LogP contribution is -2.42. The predicted molar refractivity (Wildman–Crippen MR) is 132 cm³/mol. The van der Waals surface area contributed by atoms with Gasteiger partial charge in [-0.2, -0.15) is 4.80 Å². The highest BCUT2D eigenvalue weighted by molar-refractivity contribution is 6.34. The molecule has 0 bridgehead atoms. The van der Waals surface area contributed by atoms with Gasteiger partial charge in [0.1, 0.15) is 16.8 Å². The minimum atomic E-state index is -1.10. The van der Waals surface area contributed by atoms with Gasteiger partial charge in [-0.3, -0.25) is 4.79 Å². The molecule has 0 saturated heterocycles. The largest absolute Gasteiger partial charge is 0.478 e. The number of nitrogens with zero attached hydrogens (tertiary/aromatic N) is 3. The molecule has 1 aromatic heterocycles. The summed E-state index contributed by atoms with van der Waals surface area (Å²) in [6, 6.07) is 20.9. The molecule has 0 aliphatic carbocycles. The zero-order valence-electron chi connectivity index (χ0n) is 19.0. The van der Waals surface area contributed by atoms with Crippen LogP contribution in [0.2, 0.25) is 5.02 Å². The zero-order valence-corrected chi connectivity index (χ0v) is 19.8. The number of hydrogen-bond donors (Lipinski definition) is 1. The molecule has 0 radical (unpaired) electrons. The van der Waals surface area contributed by atoms with Gasteiger partial charge in [0.05, 0.1) is 16.4 Å². The summed E-state index contributed by atoms with van der Waals surface area (Å²) < 4.78 is 5.87. The van der Waals surface area contributed by atoms with E-state index >= 15 is 0 Å². The summed E-state index contributed by atoms with van der Waals surface area (Å²) in [4.78, 5) is 14.5. The van der Waals surface area contributed by atoms with Gasteiger partial charge in [0.2, 0.25) is 0 Å². The SMILES string of the molecule is CCCCc1ccc(-n2nc3cc(Cl)c(NC(=O)C(C)(C)Oc4ccccc4)cc3n2)cc1. The van der Waals surface area contributed by atoms with Gasteiger partial charge in [-0.1, -0.05) is 55.3 Å². The van der Waals surface area contributed by atoms with E-state index in [9.17, 15) is 4.79 Å². The number of ether oxygens (including phenoxy) is 1. The number of anilines is 1. The third-order valence-electron chi connectivity index (χ3n) is 5.37. The average Bonchev–Trinajstić information content (AvgIpc) is 3.21. The molecule has 0 unspecified atom stereocenters. The fourth-order valence-corrected chi connectivity index (χ4v) is 3.63. The van der Waals surface area contributed by atoms with Gasteiger partial charge in [-0.25, -0.2) is 0 Å².